The van der Waals surface area contributed by atoms with E-state index in [0.717, 1.165) is 77.2 Å². The molecule has 0 N–H and O–H groups in total. The van der Waals surface area contributed by atoms with Crippen molar-refractivity contribution in [3.63, 3.8) is 0 Å². The molecule has 0 fully saturated rings. The lowest BCUT2D eigenvalue weighted by Gasteiger charge is -2.16. The van der Waals surface area contributed by atoms with E-state index < -0.39 is 0 Å². The average molecular weight is 636 g/mol. The fraction of sp³-hybridized carbons (Fsp3) is 0. The molecule has 230 valence electrons. The number of hydrogen-bond acceptors (Lipinski definition) is 2. The minimum absolute atomic E-state index is 0.535. The highest BCUT2D eigenvalue weighted by molar-refractivity contribution is 6.14. The van der Waals surface area contributed by atoms with Crippen molar-refractivity contribution in [1.29, 1.82) is 10.5 Å². The molecule has 0 unspecified atom stereocenters. The summed E-state index contributed by atoms with van der Waals surface area (Å²) in [4.78, 5) is 3.87. The van der Waals surface area contributed by atoms with Gasteiger partial charge in [0.1, 0.15) is 0 Å². The number of nitrogens with zero attached hydrogens (tertiary/aromatic N) is 5. The molecule has 9 aromatic rings. The lowest BCUT2D eigenvalue weighted by molar-refractivity contribution is 1.18. The summed E-state index contributed by atoms with van der Waals surface area (Å²) in [5.74, 6) is 0. The Kier molecular flexibility index (Phi) is 6.56. The van der Waals surface area contributed by atoms with Gasteiger partial charge in [-0.3, -0.25) is 0 Å². The fourth-order valence-electron chi connectivity index (χ4n) is 7.48. The molecule has 9 rings (SSSR count). The third-order valence-corrected chi connectivity index (χ3v) is 9.57. The maximum absolute atomic E-state index is 10.2. The molecule has 0 spiro atoms. The van der Waals surface area contributed by atoms with Crippen LogP contribution in [0.5, 0.6) is 0 Å². The van der Waals surface area contributed by atoms with Gasteiger partial charge in [-0.15, -0.1) is 0 Å². The highest BCUT2D eigenvalue weighted by atomic mass is 15.0. The molecule has 0 aliphatic carbocycles. The van der Waals surface area contributed by atoms with Gasteiger partial charge in [-0.2, -0.15) is 10.5 Å². The minimum Gasteiger partial charge on any atom is -0.319 e. The number of rotatable bonds is 4. The molecule has 0 saturated heterocycles. The molecule has 0 atom stereocenters. The summed E-state index contributed by atoms with van der Waals surface area (Å²) in [6, 6.07) is 55.6. The van der Waals surface area contributed by atoms with Crippen LogP contribution in [0.4, 0.5) is 5.69 Å². The van der Waals surface area contributed by atoms with Crippen molar-refractivity contribution in [3.05, 3.63) is 174 Å². The van der Waals surface area contributed by atoms with Gasteiger partial charge in [0.05, 0.1) is 57.6 Å². The Hall–Kier alpha value is -7.39. The van der Waals surface area contributed by atoms with E-state index >= 15 is 0 Å². The molecule has 0 aliphatic heterocycles. The van der Waals surface area contributed by atoms with Crippen molar-refractivity contribution in [1.82, 2.24) is 9.13 Å². The zero-order valence-corrected chi connectivity index (χ0v) is 26.7. The number of para-hydroxylation sites is 4. The predicted molar refractivity (Wildman–Crippen MR) is 202 cm³/mol. The molecular weight excluding hydrogens is 611 g/mol. The van der Waals surface area contributed by atoms with Crippen LogP contribution in [0.25, 0.3) is 82.1 Å². The molecule has 50 heavy (non-hydrogen) atoms. The molecule has 7 aromatic carbocycles. The van der Waals surface area contributed by atoms with Gasteiger partial charge in [0, 0.05) is 27.4 Å². The summed E-state index contributed by atoms with van der Waals surface area (Å²) in [6.07, 6.45) is 0. The number of hydrogen-bond donors (Lipinski definition) is 0. The lowest BCUT2D eigenvalue weighted by Crippen LogP contribution is -1.98. The highest BCUT2D eigenvalue weighted by Gasteiger charge is 2.19. The summed E-state index contributed by atoms with van der Waals surface area (Å²) in [7, 11) is 0. The summed E-state index contributed by atoms with van der Waals surface area (Å²) in [6.45, 7) is 7.94. The first-order chi connectivity index (χ1) is 24.7. The molecule has 0 saturated carbocycles. The second-order valence-electron chi connectivity index (χ2n) is 12.3. The number of aromatic nitrogens is 2. The Morgan fingerprint density at radius 3 is 2.02 bits per heavy atom. The topological polar surface area (TPSA) is 61.8 Å². The second kappa shape index (κ2) is 11.4. The predicted octanol–water partition coefficient (Wildman–Crippen LogP) is 11.5. The van der Waals surface area contributed by atoms with Gasteiger partial charge in [0.15, 0.2) is 0 Å². The Morgan fingerprint density at radius 2 is 1.20 bits per heavy atom. The van der Waals surface area contributed by atoms with Gasteiger partial charge < -0.3 is 9.13 Å². The normalized spacial score (nSPS) is 11.1. The van der Waals surface area contributed by atoms with Crippen LogP contribution in [0, 0.1) is 29.2 Å². The zero-order chi connectivity index (χ0) is 33.8. The summed E-state index contributed by atoms with van der Waals surface area (Å²) >= 11 is 0. The first-order valence-corrected chi connectivity index (χ1v) is 16.3. The van der Waals surface area contributed by atoms with E-state index in [1.165, 1.54) is 0 Å². The van der Waals surface area contributed by atoms with Gasteiger partial charge in [0.2, 0.25) is 5.69 Å². The maximum Gasteiger partial charge on any atom is 0.211 e. The summed E-state index contributed by atoms with van der Waals surface area (Å²) < 4.78 is 4.36. The zero-order valence-electron chi connectivity index (χ0n) is 26.7. The van der Waals surface area contributed by atoms with Gasteiger partial charge >= 0.3 is 0 Å². The number of nitriles is 2. The van der Waals surface area contributed by atoms with Crippen LogP contribution >= 0.6 is 0 Å². The van der Waals surface area contributed by atoms with Crippen LogP contribution in [-0.2, 0) is 0 Å². The third kappa shape index (κ3) is 4.31. The lowest BCUT2D eigenvalue weighted by atomic mass is 9.96. The Morgan fingerprint density at radius 1 is 0.520 bits per heavy atom. The molecule has 2 aromatic heterocycles. The smallest absolute Gasteiger partial charge is 0.211 e. The average Bonchev–Trinajstić information content (AvgIpc) is 3.71. The van der Waals surface area contributed by atoms with Crippen LogP contribution in [0.3, 0.4) is 0 Å². The van der Waals surface area contributed by atoms with Gasteiger partial charge in [0.25, 0.3) is 0 Å². The molecule has 2 heterocycles. The molecule has 0 amide bonds. The van der Waals surface area contributed by atoms with E-state index in [-0.39, 0.29) is 0 Å². The van der Waals surface area contributed by atoms with E-state index in [0.29, 0.717) is 16.8 Å². The van der Waals surface area contributed by atoms with Crippen molar-refractivity contribution in [2.24, 2.45) is 0 Å². The highest BCUT2D eigenvalue weighted by Crippen LogP contribution is 2.40. The molecule has 5 heteroatoms. The van der Waals surface area contributed by atoms with Crippen LogP contribution < -0.4 is 0 Å². The van der Waals surface area contributed by atoms with Crippen molar-refractivity contribution in [2.75, 3.05) is 0 Å². The van der Waals surface area contributed by atoms with Crippen molar-refractivity contribution < 1.29 is 0 Å². The summed E-state index contributed by atoms with van der Waals surface area (Å²) in [5.41, 5.74) is 11.3. The fourth-order valence-corrected chi connectivity index (χ4v) is 7.48. The van der Waals surface area contributed by atoms with Gasteiger partial charge in [-0.1, -0.05) is 97.1 Å². The van der Waals surface area contributed by atoms with Crippen LogP contribution in [0.1, 0.15) is 11.1 Å². The quantitative estimate of drug-likeness (QED) is 0.181. The largest absolute Gasteiger partial charge is 0.319 e. The van der Waals surface area contributed by atoms with E-state index in [9.17, 15) is 10.5 Å². The SMILES string of the molecule is [C-]#[N+]c1cccc2c3ccccc3n(-c3cc(C#N)cc(-c4cccc(-c5ccccc5-n5c6ccccc6c6c(C#N)cccc65)c4)c3)c12. The van der Waals surface area contributed by atoms with Crippen molar-refractivity contribution in [3.8, 4) is 45.8 Å². The Balaban J connectivity index is 1.25. The number of fused-ring (bicyclic) bond motifs is 6. The maximum atomic E-state index is 10.2. The van der Waals surface area contributed by atoms with E-state index in [1.807, 2.05) is 72.8 Å². The summed E-state index contributed by atoms with van der Waals surface area (Å²) in [5, 5.41) is 24.3. The Labute approximate surface area is 288 Å². The molecule has 0 aliphatic rings. The van der Waals surface area contributed by atoms with Crippen molar-refractivity contribution >= 4 is 49.3 Å². The monoisotopic (exact) mass is 635 g/mol. The Bertz CT molecular complexity index is 2970. The number of benzene rings is 7. The first kappa shape index (κ1) is 28.8. The first-order valence-electron chi connectivity index (χ1n) is 16.3. The molecule has 0 bridgehead atoms. The second-order valence-corrected chi connectivity index (χ2v) is 12.3. The van der Waals surface area contributed by atoms with Crippen LogP contribution in [0.2, 0.25) is 0 Å². The van der Waals surface area contributed by atoms with Crippen LogP contribution in [-0.4, -0.2) is 9.13 Å². The van der Waals surface area contributed by atoms with E-state index in [1.54, 1.807) is 0 Å². The minimum atomic E-state index is 0.535. The van der Waals surface area contributed by atoms with Gasteiger partial charge in [-0.25, -0.2) is 4.85 Å². The van der Waals surface area contributed by atoms with Crippen LogP contribution in [0.15, 0.2) is 152 Å². The molecule has 0 radical (unpaired) electrons. The van der Waals surface area contributed by atoms with E-state index in [2.05, 4.69) is 105 Å². The third-order valence-electron chi connectivity index (χ3n) is 9.57. The van der Waals surface area contributed by atoms with E-state index in [4.69, 9.17) is 6.57 Å². The van der Waals surface area contributed by atoms with Crippen molar-refractivity contribution in [2.45, 2.75) is 0 Å². The standard InChI is InChI=1S/C45H25N5/c1-48-39-18-10-17-37-36-15-3-6-20-41(36)49(45(37)39)34-24-29(27-46)23-33(26-34)30-11-8-12-31(25-30)35-14-2-5-19-40(35)50-42-21-7-4-16-38(42)44-32(28-47)13-9-22-43(44)50/h2-26H. The molecular formula is C45H25N5. The molecule has 5 nitrogen and oxygen atoms in total. The van der Waals surface area contributed by atoms with Gasteiger partial charge in [-0.05, 0) is 76.7 Å².